The van der Waals surface area contributed by atoms with Crippen molar-refractivity contribution in [2.45, 2.75) is 32.4 Å². The summed E-state index contributed by atoms with van der Waals surface area (Å²) in [5.74, 6) is -0.844. The molecule has 0 aliphatic rings. The molecule has 146 valence electrons. The third-order valence-corrected chi connectivity index (χ3v) is 4.32. The Hall–Kier alpha value is -2.78. The van der Waals surface area contributed by atoms with Crippen LogP contribution in [0.25, 0.3) is 6.08 Å². The Morgan fingerprint density at radius 2 is 1.64 bits per heavy atom. The minimum Gasteiger partial charge on any atom is -0.320 e. The molecule has 0 heterocycles. The molecule has 7 heteroatoms. The number of nitrogens with one attached hydrogen (secondary N) is 1. The van der Waals surface area contributed by atoms with Crippen LogP contribution in [0.4, 0.5) is 18.9 Å². The number of nitrogens with zero attached hydrogens (tertiary/aromatic N) is 1. The molecule has 0 saturated heterocycles. The second-order valence-electron chi connectivity index (χ2n) is 7.19. The largest absolute Gasteiger partial charge is 0.416 e. The van der Waals surface area contributed by atoms with Gasteiger partial charge in [0.15, 0.2) is 0 Å². The summed E-state index contributed by atoms with van der Waals surface area (Å²) in [5.41, 5.74) is 0.242. The van der Waals surface area contributed by atoms with E-state index < -0.39 is 17.6 Å². The lowest BCUT2D eigenvalue weighted by Gasteiger charge is -2.18. The molecule has 0 radical (unpaired) electrons. The number of alkyl halides is 3. The molecule has 1 N–H and O–H groups in total. The third kappa shape index (κ3) is 5.37. The molecule has 2 aromatic rings. The smallest absolute Gasteiger partial charge is 0.320 e. The molecule has 0 unspecified atom stereocenters. The summed E-state index contributed by atoms with van der Waals surface area (Å²) in [5, 5.41) is 11.5. The molecule has 0 aromatic heterocycles. The van der Waals surface area contributed by atoms with Gasteiger partial charge >= 0.3 is 6.18 Å². The number of hydrogen-bond acceptors (Lipinski definition) is 2. The summed E-state index contributed by atoms with van der Waals surface area (Å²) in [4.78, 5) is 12.3. The van der Waals surface area contributed by atoms with Crippen LogP contribution in [0.1, 0.15) is 37.5 Å². The van der Waals surface area contributed by atoms with Crippen LogP contribution in [0, 0.1) is 11.3 Å². The number of anilines is 1. The van der Waals surface area contributed by atoms with Crippen molar-refractivity contribution in [1.29, 1.82) is 5.26 Å². The molecule has 0 aliphatic carbocycles. The van der Waals surface area contributed by atoms with Crippen LogP contribution in [0.5, 0.6) is 0 Å². The molecule has 0 saturated carbocycles. The summed E-state index contributed by atoms with van der Waals surface area (Å²) in [6.45, 7) is 6.18. The van der Waals surface area contributed by atoms with Gasteiger partial charge in [0.25, 0.3) is 5.91 Å². The fourth-order valence-corrected chi connectivity index (χ4v) is 2.55. The van der Waals surface area contributed by atoms with Gasteiger partial charge in [-0.25, -0.2) is 0 Å². The van der Waals surface area contributed by atoms with E-state index in [9.17, 15) is 23.2 Å². The number of hydrogen-bond donors (Lipinski definition) is 1. The molecule has 2 rings (SSSR count). The molecule has 0 aliphatic heterocycles. The minimum atomic E-state index is -4.58. The van der Waals surface area contributed by atoms with Crippen LogP contribution in [-0.2, 0) is 16.4 Å². The number of halogens is 4. The Balaban J connectivity index is 2.27. The normalized spacial score (nSPS) is 12.4. The molecule has 3 nitrogen and oxygen atoms in total. The highest BCUT2D eigenvalue weighted by Gasteiger charge is 2.31. The van der Waals surface area contributed by atoms with Gasteiger partial charge in [-0.2, -0.15) is 18.4 Å². The van der Waals surface area contributed by atoms with E-state index in [-0.39, 0.29) is 21.7 Å². The summed E-state index contributed by atoms with van der Waals surface area (Å²) in [6, 6.07) is 11.7. The van der Waals surface area contributed by atoms with Crippen molar-refractivity contribution in [3.63, 3.8) is 0 Å². The molecule has 2 aromatic carbocycles. The van der Waals surface area contributed by atoms with Crippen molar-refractivity contribution >= 4 is 29.3 Å². The minimum absolute atomic E-state index is 0.0437. The lowest BCUT2D eigenvalue weighted by atomic mass is 9.86. The molecule has 0 bridgehead atoms. The molecule has 0 atom stereocenters. The van der Waals surface area contributed by atoms with Gasteiger partial charge in [0.1, 0.15) is 11.6 Å². The quantitative estimate of drug-likeness (QED) is 0.487. The SMILES string of the molecule is CC(C)(C)c1ccc(/C=C(/C#N)C(=O)Nc2cc(C(F)(F)F)ccc2Cl)cc1. The van der Waals surface area contributed by atoms with E-state index in [4.69, 9.17) is 11.6 Å². The third-order valence-electron chi connectivity index (χ3n) is 3.99. The van der Waals surface area contributed by atoms with Crippen LogP contribution >= 0.6 is 11.6 Å². The Labute approximate surface area is 166 Å². The molecule has 0 spiro atoms. The lowest BCUT2D eigenvalue weighted by Crippen LogP contribution is -2.15. The molecule has 1 amide bonds. The highest BCUT2D eigenvalue weighted by atomic mass is 35.5. The van der Waals surface area contributed by atoms with E-state index in [0.717, 1.165) is 23.8 Å². The maximum Gasteiger partial charge on any atom is 0.416 e. The number of carbonyl (C=O) groups excluding carboxylic acids is 1. The van der Waals surface area contributed by atoms with E-state index in [1.807, 2.05) is 12.1 Å². The van der Waals surface area contributed by atoms with Gasteiger partial charge < -0.3 is 5.32 Å². The zero-order chi connectivity index (χ0) is 21.1. The highest BCUT2D eigenvalue weighted by molar-refractivity contribution is 6.34. The Morgan fingerprint density at radius 3 is 2.14 bits per heavy atom. The lowest BCUT2D eigenvalue weighted by molar-refractivity contribution is -0.137. The van der Waals surface area contributed by atoms with E-state index >= 15 is 0 Å². The Kier molecular flexibility index (Phi) is 6.20. The zero-order valence-electron chi connectivity index (χ0n) is 15.5. The topological polar surface area (TPSA) is 52.9 Å². The first-order chi connectivity index (χ1) is 12.9. The van der Waals surface area contributed by atoms with Gasteiger partial charge in [-0.15, -0.1) is 0 Å². The summed E-state index contributed by atoms with van der Waals surface area (Å²) < 4.78 is 38.5. The van der Waals surface area contributed by atoms with E-state index in [0.29, 0.717) is 5.56 Å². The van der Waals surface area contributed by atoms with Gasteiger partial charge in [0, 0.05) is 0 Å². The Morgan fingerprint density at radius 1 is 1.07 bits per heavy atom. The van der Waals surface area contributed by atoms with Crippen LogP contribution in [0.2, 0.25) is 5.02 Å². The molecule has 28 heavy (non-hydrogen) atoms. The number of benzene rings is 2. The predicted molar refractivity (Wildman–Crippen MR) is 104 cm³/mol. The van der Waals surface area contributed by atoms with Crippen LogP contribution in [0.15, 0.2) is 48.0 Å². The average Bonchev–Trinajstić information content (AvgIpc) is 2.60. The van der Waals surface area contributed by atoms with Crippen molar-refractivity contribution in [1.82, 2.24) is 0 Å². The second kappa shape index (κ2) is 8.07. The fourth-order valence-electron chi connectivity index (χ4n) is 2.38. The molecular formula is C21H18ClF3N2O. The fraction of sp³-hybridized carbons (Fsp3) is 0.238. The predicted octanol–water partition coefficient (Wildman–Crippen LogP) is 6.20. The second-order valence-corrected chi connectivity index (χ2v) is 7.60. The number of amides is 1. The highest BCUT2D eigenvalue weighted by Crippen LogP contribution is 2.34. The van der Waals surface area contributed by atoms with E-state index in [2.05, 4.69) is 26.1 Å². The van der Waals surface area contributed by atoms with Crippen molar-refractivity contribution in [2.75, 3.05) is 5.32 Å². The first kappa shape index (κ1) is 21.5. The van der Waals surface area contributed by atoms with Crippen LogP contribution in [0.3, 0.4) is 0 Å². The maximum atomic E-state index is 12.8. The number of carbonyl (C=O) groups is 1. The van der Waals surface area contributed by atoms with E-state index in [1.165, 1.54) is 6.08 Å². The van der Waals surface area contributed by atoms with E-state index in [1.54, 1.807) is 18.2 Å². The first-order valence-electron chi connectivity index (χ1n) is 8.32. The monoisotopic (exact) mass is 406 g/mol. The van der Waals surface area contributed by atoms with Gasteiger partial charge in [-0.05, 0) is 40.8 Å². The van der Waals surface area contributed by atoms with Crippen molar-refractivity contribution in [3.8, 4) is 6.07 Å². The first-order valence-corrected chi connectivity index (χ1v) is 8.70. The zero-order valence-corrected chi connectivity index (χ0v) is 16.2. The van der Waals surface area contributed by atoms with Gasteiger partial charge in [-0.1, -0.05) is 56.6 Å². The van der Waals surface area contributed by atoms with Crippen LogP contribution in [-0.4, -0.2) is 5.91 Å². The van der Waals surface area contributed by atoms with Gasteiger partial charge in [0.05, 0.1) is 16.3 Å². The molecule has 0 fully saturated rings. The average molecular weight is 407 g/mol. The van der Waals surface area contributed by atoms with Crippen molar-refractivity contribution in [3.05, 3.63) is 69.8 Å². The van der Waals surface area contributed by atoms with Crippen molar-refractivity contribution < 1.29 is 18.0 Å². The number of rotatable bonds is 3. The van der Waals surface area contributed by atoms with Gasteiger partial charge in [0.2, 0.25) is 0 Å². The van der Waals surface area contributed by atoms with Gasteiger partial charge in [-0.3, -0.25) is 4.79 Å². The summed E-state index contributed by atoms with van der Waals surface area (Å²) >= 11 is 5.87. The molecular weight excluding hydrogens is 389 g/mol. The standard InChI is InChI=1S/C21H18ClF3N2O/c1-20(2,3)15-6-4-13(5-7-15)10-14(12-26)19(28)27-18-11-16(21(23,24)25)8-9-17(18)22/h4-11H,1-3H3,(H,27,28)/b14-10-. The Bertz CT molecular complexity index is 950. The maximum absolute atomic E-state index is 12.8. The van der Waals surface area contributed by atoms with Crippen LogP contribution < -0.4 is 5.32 Å². The summed E-state index contributed by atoms with van der Waals surface area (Å²) in [7, 11) is 0. The van der Waals surface area contributed by atoms with Crippen molar-refractivity contribution in [2.24, 2.45) is 0 Å². The number of nitriles is 1. The summed E-state index contributed by atoms with van der Waals surface area (Å²) in [6.07, 6.45) is -3.21.